The molecule has 1 heterocycles. The van der Waals surface area contributed by atoms with Gasteiger partial charge < -0.3 is 25.4 Å². The molecule has 0 aliphatic carbocycles. The number of benzene rings is 1. The molecule has 1 atom stereocenters. The number of rotatable bonds is 7. The van der Waals surface area contributed by atoms with E-state index in [9.17, 15) is 4.79 Å². The Bertz CT molecular complexity index is 645. The van der Waals surface area contributed by atoms with Crippen molar-refractivity contribution >= 4 is 17.6 Å². The first-order valence-electron chi connectivity index (χ1n) is 9.96. The van der Waals surface area contributed by atoms with E-state index < -0.39 is 0 Å². The third-order valence-electron chi connectivity index (χ3n) is 3.91. The maximum Gasteiger partial charge on any atom is 0.242 e. The lowest BCUT2D eigenvalue weighted by Gasteiger charge is -2.20. The van der Waals surface area contributed by atoms with Crippen molar-refractivity contribution in [3.05, 3.63) is 24.3 Å². The lowest BCUT2D eigenvalue weighted by Crippen LogP contribution is -2.42. The van der Waals surface area contributed by atoms with Gasteiger partial charge >= 0.3 is 0 Å². The van der Waals surface area contributed by atoms with Crippen LogP contribution in [0, 0.1) is 0 Å². The summed E-state index contributed by atoms with van der Waals surface area (Å²) in [6.45, 7) is 11.3. The van der Waals surface area contributed by atoms with Crippen LogP contribution in [-0.4, -0.2) is 49.3 Å². The zero-order valence-corrected chi connectivity index (χ0v) is 17.7. The predicted molar refractivity (Wildman–Crippen MR) is 113 cm³/mol. The van der Waals surface area contributed by atoms with Crippen LogP contribution < -0.4 is 20.7 Å². The van der Waals surface area contributed by atoms with Crippen molar-refractivity contribution in [3.63, 3.8) is 0 Å². The number of anilines is 1. The van der Waals surface area contributed by atoms with Crippen LogP contribution in [-0.2, 0) is 9.53 Å². The standard InChI is InChI=1S/C21H34N4O3/c1-15(2)28-17-10-8-16(9-11-17)24-20(22-13-18-7-6-12-27-18)23-14-19(26)25-21(3,4)5/h8-11,15,18H,6-7,12-14H2,1-5H3,(H,25,26)(H2,22,23,24). The number of nitrogens with zero attached hydrogens (tertiary/aromatic N) is 1. The van der Waals surface area contributed by atoms with Gasteiger partial charge in [-0.05, 0) is 71.7 Å². The summed E-state index contributed by atoms with van der Waals surface area (Å²) in [5, 5.41) is 9.45. The smallest absolute Gasteiger partial charge is 0.242 e. The third-order valence-corrected chi connectivity index (χ3v) is 3.91. The van der Waals surface area contributed by atoms with Crippen LogP contribution in [0.5, 0.6) is 5.75 Å². The molecule has 156 valence electrons. The lowest BCUT2D eigenvalue weighted by molar-refractivity contribution is -0.121. The zero-order valence-electron chi connectivity index (χ0n) is 17.7. The zero-order chi connectivity index (χ0) is 20.6. The highest BCUT2D eigenvalue weighted by Crippen LogP contribution is 2.17. The molecule has 1 aliphatic heterocycles. The topological polar surface area (TPSA) is 84.0 Å². The van der Waals surface area contributed by atoms with E-state index in [0.717, 1.165) is 30.9 Å². The molecule has 0 aromatic heterocycles. The maximum atomic E-state index is 12.1. The van der Waals surface area contributed by atoms with Gasteiger partial charge in [0.1, 0.15) is 12.3 Å². The van der Waals surface area contributed by atoms with E-state index in [1.807, 2.05) is 58.9 Å². The summed E-state index contributed by atoms with van der Waals surface area (Å²) < 4.78 is 11.3. The van der Waals surface area contributed by atoms with Crippen LogP contribution in [0.4, 0.5) is 5.69 Å². The van der Waals surface area contributed by atoms with Crippen molar-refractivity contribution in [3.8, 4) is 5.75 Å². The van der Waals surface area contributed by atoms with Gasteiger partial charge in [-0.3, -0.25) is 4.79 Å². The second kappa shape index (κ2) is 10.3. The molecule has 7 heteroatoms. The molecule has 1 unspecified atom stereocenters. The first kappa shape index (κ1) is 22.0. The van der Waals surface area contributed by atoms with Crippen molar-refractivity contribution < 1.29 is 14.3 Å². The minimum Gasteiger partial charge on any atom is -0.491 e. The van der Waals surface area contributed by atoms with Gasteiger partial charge in [0.15, 0.2) is 5.96 Å². The van der Waals surface area contributed by atoms with E-state index in [1.165, 1.54) is 0 Å². The molecule has 1 aliphatic rings. The van der Waals surface area contributed by atoms with Crippen LogP contribution in [0.1, 0.15) is 47.5 Å². The van der Waals surface area contributed by atoms with Crippen molar-refractivity contribution in [1.82, 2.24) is 10.6 Å². The van der Waals surface area contributed by atoms with Crippen molar-refractivity contribution in [2.24, 2.45) is 4.99 Å². The largest absolute Gasteiger partial charge is 0.491 e. The summed E-state index contributed by atoms with van der Waals surface area (Å²) in [6, 6.07) is 7.67. The fourth-order valence-electron chi connectivity index (χ4n) is 2.79. The maximum absolute atomic E-state index is 12.1. The van der Waals surface area contributed by atoms with Gasteiger partial charge in [-0.2, -0.15) is 0 Å². The van der Waals surface area contributed by atoms with Crippen molar-refractivity contribution in [2.75, 3.05) is 25.0 Å². The Morgan fingerprint density at radius 1 is 1.29 bits per heavy atom. The van der Waals surface area contributed by atoms with E-state index in [1.54, 1.807) is 0 Å². The number of hydrogen-bond donors (Lipinski definition) is 3. The summed E-state index contributed by atoms with van der Waals surface area (Å²) in [5.41, 5.74) is 0.586. The van der Waals surface area contributed by atoms with Crippen LogP contribution in [0.25, 0.3) is 0 Å². The molecule has 2 rings (SSSR count). The minimum atomic E-state index is -0.280. The Morgan fingerprint density at radius 2 is 2.00 bits per heavy atom. The van der Waals surface area contributed by atoms with Gasteiger partial charge in [-0.15, -0.1) is 0 Å². The molecule has 1 amide bonds. The van der Waals surface area contributed by atoms with Gasteiger partial charge in [0, 0.05) is 24.4 Å². The molecule has 1 aromatic rings. The SMILES string of the molecule is CC(C)Oc1ccc(NC(=NCC(=O)NC(C)(C)C)NCC2CCCO2)cc1. The normalized spacial score (nSPS) is 17.5. The van der Waals surface area contributed by atoms with Crippen molar-refractivity contribution in [2.45, 2.75) is 65.2 Å². The van der Waals surface area contributed by atoms with Crippen LogP contribution in [0.3, 0.4) is 0 Å². The fraction of sp³-hybridized carbons (Fsp3) is 0.619. The molecule has 1 aromatic carbocycles. The molecule has 3 N–H and O–H groups in total. The Balaban J connectivity index is 1.99. The summed E-state index contributed by atoms with van der Waals surface area (Å²) in [4.78, 5) is 16.5. The summed E-state index contributed by atoms with van der Waals surface area (Å²) in [7, 11) is 0. The number of ether oxygens (including phenoxy) is 2. The molecular weight excluding hydrogens is 356 g/mol. The average molecular weight is 391 g/mol. The van der Waals surface area contributed by atoms with Crippen LogP contribution in [0.2, 0.25) is 0 Å². The van der Waals surface area contributed by atoms with Gasteiger partial charge in [-0.25, -0.2) is 4.99 Å². The summed E-state index contributed by atoms with van der Waals surface area (Å²) in [6.07, 6.45) is 2.42. The predicted octanol–water partition coefficient (Wildman–Crippen LogP) is 2.93. The van der Waals surface area contributed by atoms with E-state index in [2.05, 4.69) is 20.9 Å². The summed E-state index contributed by atoms with van der Waals surface area (Å²) in [5.74, 6) is 1.25. The van der Waals surface area contributed by atoms with Crippen LogP contribution in [0.15, 0.2) is 29.3 Å². The third kappa shape index (κ3) is 8.61. The molecule has 0 bridgehead atoms. The highest BCUT2D eigenvalue weighted by atomic mass is 16.5. The number of nitrogens with one attached hydrogen (secondary N) is 3. The van der Waals surface area contributed by atoms with Gasteiger partial charge in [0.2, 0.25) is 5.91 Å². The van der Waals surface area contributed by atoms with E-state index in [0.29, 0.717) is 12.5 Å². The first-order chi connectivity index (χ1) is 13.2. The molecule has 0 radical (unpaired) electrons. The van der Waals surface area contributed by atoms with Crippen LogP contribution >= 0.6 is 0 Å². The number of aliphatic imine (C=N–C) groups is 1. The molecular formula is C21H34N4O3. The number of carbonyl (C=O) groups excluding carboxylic acids is 1. The molecule has 7 nitrogen and oxygen atoms in total. The number of guanidine groups is 1. The summed E-state index contributed by atoms with van der Waals surface area (Å²) >= 11 is 0. The second-order valence-corrected chi connectivity index (χ2v) is 8.29. The van der Waals surface area contributed by atoms with E-state index >= 15 is 0 Å². The molecule has 28 heavy (non-hydrogen) atoms. The second-order valence-electron chi connectivity index (χ2n) is 8.29. The molecule has 1 fully saturated rings. The lowest BCUT2D eigenvalue weighted by atomic mass is 10.1. The quantitative estimate of drug-likeness (QED) is 0.492. The first-order valence-corrected chi connectivity index (χ1v) is 9.96. The van der Waals surface area contributed by atoms with Gasteiger partial charge in [0.25, 0.3) is 0 Å². The minimum absolute atomic E-state index is 0.0483. The highest BCUT2D eigenvalue weighted by Gasteiger charge is 2.17. The molecule has 1 saturated heterocycles. The van der Waals surface area contributed by atoms with Gasteiger partial charge in [-0.1, -0.05) is 0 Å². The Hall–Kier alpha value is -2.28. The Morgan fingerprint density at radius 3 is 2.57 bits per heavy atom. The van der Waals surface area contributed by atoms with Crippen molar-refractivity contribution in [1.29, 1.82) is 0 Å². The van der Waals surface area contributed by atoms with E-state index in [4.69, 9.17) is 9.47 Å². The number of amides is 1. The Kier molecular flexibility index (Phi) is 8.11. The van der Waals surface area contributed by atoms with E-state index in [-0.39, 0.29) is 30.2 Å². The highest BCUT2D eigenvalue weighted by molar-refractivity contribution is 5.95. The number of hydrogen-bond acceptors (Lipinski definition) is 4. The van der Waals surface area contributed by atoms with Gasteiger partial charge in [0.05, 0.1) is 12.2 Å². The monoisotopic (exact) mass is 390 g/mol. The fourth-order valence-corrected chi connectivity index (χ4v) is 2.79. The number of carbonyl (C=O) groups is 1. The molecule has 0 saturated carbocycles. The molecule has 0 spiro atoms. The average Bonchev–Trinajstić information content (AvgIpc) is 3.10. The Labute approximate surface area is 168 Å².